The Balaban J connectivity index is 2.31. The van der Waals surface area contributed by atoms with Crippen LogP contribution in [0, 0.1) is 0 Å². The smallest absolute Gasteiger partial charge is 0.254 e. The number of hydrogen-bond donors (Lipinski definition) is 0. The van der Waals surface area contributed by atoms with Gasteiger partial charge in [0, 0.05) is 18.2 Å². The minimum atomic E-state index is -0.00706. The Morgan fingerprint density at radius 1 is 1.03 bits per heavy atom. The SMILES string of the molecule is CCCCC/C(=C\c1ccccc1)CN(C(=O)c1ccc(Cl)c(Cl)c1)C(C)CC. The molecule has 1 unspecified atom stereocenters. The first-order valence-electron chi connectivity index (χ1n) is 10.5. The number of unbranched alkanes of at least 4 members (excludes halogenated alkanes) is 2. The second-order valence-corrected chi connectivity index (χ2v) is 8.30. The van der Waals surface area contributed by atoms with Crippen LogP contribution in [-0.4, -0.2) is 23.4 Å². The van der Waals surface area contributed by atoms with Gasteiger partial charge in [0.15, 0.2) is 0 Å². The molecule has 0 aromatic heterocycles. The lowest BCUT2D eigenvalue weighted by molar-refractivity contribution is 0.0706. The maximum atomic E-state index is 13.3. The van der Waals surface area contributed by atoms with E-state index in [0.29, 0.717) is 22.2 Å². The Labute approximate surface area is 185 Å². The summed E-state index contributed by atoms with van der Waals surface area (Å²) in [5, 5.41) is 0.868. The van der Waals surface area contributed by atoms with E-state index in [-0.39, 0.29) is 11.9 Å². The summed E-state index contributed by atoms with van der Waals surface area (Å²) in [6.07, 6.45) is 7.61. The van der Waals surface area contributed by atoms with Gasteiger partial charge < -0.3 is 4.90 Å². The number of benzene rings is 2. The predicted octanol–water partition coefficient (Wildman–Crippen LogP) is 7.90. The van der Waals surface area contributed by atoms with Crippen LogP contribution in [0.15, 0.2) is 54.1 Å². The standard InChI is InChI=1S/C25H31Cl2NO/c1-4-6-8-13-21(16-20-11-9-7-10-12-20)18-28(19(3)5-2)25(29)22-14-15-23(26)24(27)17-22/h7,9-12,14-17,19H,4-6,8,13,18H2,1-3H3/b21-16+. The number of amides is 1. The summed E-state index contributed by atoms with van der Waals surface area (Å²) < 4.78 is 0. The van der Waals surface area contributed by atoms with Crippen LogP contribution in [0.2, 0.25) is 10.0 Å². The summed E-state index contributed by atoms with van der Waals surface area (Å²) in [5.41, 5.74) is 3.02. The summed E-state index contributed by atoms with van der Waals surface area (Å²) in [6, 6.07) is 15.6. The third kappa shape index (κ3) is 7.21. The molecule has 0 saturated heterocycles. The number of halogens is 2. The summed E-state index contributed by atoms with van der Waals surface area (Å²) >= 11 is 12.2. The molecule has 0 aliphatic heterocycles. The van der Waals surface area contributed by atoms with Gasteiger partial charge in [0.1, 0.15) is 0 Å². The summed E-state index contributed by atoms with van der Waals surface area (Å²) in [6.45, 7) is 7.03. The second-order valence-electron chi connectivity index (χ2n) is 7.49. The molecule has 2 rings (SSSR count). The van der Waals surface area contributed by atoms with E-state index in [4.69, 9.17) is 23.2 Å². The Hall–Kier alpha value is -1.77. The third-order valence-electron chi connectivity index (χ3n) is 5.20. The number of hydrogen-bond acceptors (Lipinski definition) is 1. The van der Waals surface area contributed by atoms with E-state index in [0.717, 1.165) is 19.3 Å². The molecule has 0 fully saturated rings. The van der Waals surface area contributed by atoms with Gasteiger partial charge in [-0.2, -0.15) is 0 Å². The van der Waals surface area contributed by atoms with Crippen molar-refractivity contribution in [2.24, 2.45) is 0 Å². The zero-order valence-electron chi connectivity index (χ0n) is 17.6. The van der Waals surface area contributed by atoms with Crippen LogP contribution >= 0.6 is 23.2 Å². The highest BCUT2D eigenvalue weighted by molar-refractivity contribution is 6.42. The van der Waals surface area contributed by atoms with E-state index in [1.165, 1.54) is 24.0 Å². The van der Waals surface area contributed by atoms with E-state index in [2.05, 4.69) is 39.0 Å². The minimum Gasteiger partial charge on any atom is -0.332 e. The highest BCUT2D eigenvalue weighted by atomic mass is 35.5. The molecule has 0 bridgehead atoms. The maximum Gasteiger partial charge on any atom is 0.254 e. The zero-order valence-corrected chi connectivity index (χ0v) is 19.1. The molecule has 0 radical (unpaired) electrons. The number of carbonyl (C=O) groups excluding carboxylic acids is 1. The average molecular weight is 432 g/mol. The maximum absolute atomic E-state index is 13.3. The van der Waals surface area contributed by atoms with Crippen molar-refractivity contribution in [1.82, 2.24) is 4.90 Å². The fourth-order valence-corrected chi connectivity index (χ4v) is 3.54. The monoisotopic (exact) mass is 431 g/mol. The summed E-state index contributed by atoms with van der Waals surface area (Å²) in [7, 11) is 0. The van der Waals surface area contributed by atoms with Crippen molar-refractivity contribution in [1.29, 1.82) is 0 Å². The van der Waals surface area contributed by atoms with Gasteiger partial charge in [-0.1, -0.05) is 91.9 Å². The topological polar surface area (TPSA) is 20.3 Å². The molecule has 2 aromatic carbocycles. The molecule has 0 N–H and O–H groups in total. The Morgan fingerprint density at radius 3 is 2.38 bits per heavy atom. The van der Waals surface area contributed by atoms with Crippen LogP contribution in [0.1, 0.15) is 68.8 Å². The van der Waals surface area contributed by atoms with Gasteiger partial charge in [-0.25, -0.2) is 0 Å². The van der Waals surface area contributed by atoms with E-state index in [1.807, 2.05) is 23.1 Å². The fourth-order valence-electron chi connectivity index (χ4n) is 3.25. The Bertz CT molecular complexity index is 817. The van der Waals surface area contributed by atoms with Gasteiger partial charge in [0.25, 0.3) is 5.91 Å². The van der Waals surface area contributed by atoms with Crippen LogP contribution in [-0.2, 0) is 0 Å². The van der Waals surface area contributed by atoms with E-state index < -0.39 is 0 Å². The quantitative estimate of drug-likeness (QED) is 0.350. The summed E-state index contributed by atoms with van der Waals surface area (Å²) in [5.74, 6) is -0.00706. The first kappa shape index (κ1) is 23.5. The van der Waals surface area contributed by atoms with Gasteiger partial charge >= 0.3 is 0 Å². The largest absolute Gasteiger partial charge is 0.332 e. The van der Waals surface area contributed by atoms with Crippen molar-refractivity contribution >= 4 is 35.2 Å². The lowest BCUT2D eigenvalue weighted by Gasteiger charge is -2.30. The average Bonchev–Trinajstić information content (AvgIpc) is 2.73. The molecular formula is C25H31Cl2NO. The van der Waals surface area contributed by atoms with Crippen molar-refractivity contribution in [3.05, 3.63) is 75.3 Å². The van der Waals surface area contributed by atoms with Gasteiger partial charge in [-0.3, -0.25) is 4.79 Å². The number of carbonyl (C=O) groups is 1. The van der Waals surface area contributed by atoms with Crippen LogP contribution in [0.25, 0.3) is 6.08 Å². The molecule has 29 heavy (non-hydrogen) atoms. The Morgan fingerprint density at radius 2 is 1.76 bits per heavy atom. The normalized spacial score (nSPS) is 12.7. The van der Waals surface area contributed by atoms with Crippen molar-refractivity contribution in [2.75, 3.05) is 6.54 Å². The van der Waals surface area contributed by atoms with Crippen molar-refractivity contribution < 1.29 is 4.79 Å². The molecule has 156 valence electrons. The molecule has 1 amide bonds. The van der Waals surface area contributed by atoms with Gasteiger partial charge in [0.05, 0.1) is 10.0 Å². The van der Waals surface area contributed by atoms with E-state index >= 15 is 0 Å². The third-order valence-corrected chi connectivity index (χ3v) is 5.93. The lowest BCUT2D eigenvalue weighted by Crippen LogP contribution is -2.39. The van der Waals surface area contributed by atoms with Crippen LogP contribution in [0.5, 0.6) is 0 Å². The molecule has 2 nitrogen and oxygen atoms in total. The lowest BCUT2D eigenvalue weighted by atomic mass is 10.0. The molecule has 0 aliphatic carbocycles. The van der Waals surface area contributed by atoms with Crippen molar-refractivity contribution in [3.63, 3.8) is 0 Å². The van der Waals surface area contributed by atoms with E-state index in [9.17, 15) is 4.79 Å². The van der Waals surface area contributed by atoms with Crippen molar-refractivity contribution in [3.8, 4) is 0 Å². The highest BCUT2D eigenvalue weighted by Gasteiger charge is 2.22. The Kier molecular flexibility index (Phi) is 9.76. The molecule has 0 aliphatic rings. The highest BCUT2D eigenvalue weighted by Crippen LogP contribution is 2.25. The van der Waals surface area contributed by atoms with E-state index in [1.54, 1.807) is 18.2 Å². The van der Waals surface area contributed by atoms with Gasteiger partial charge in [-0.15, -0.1) is 0 Å². The van der Waals surface area contributed by atoms with Gasteiger partial charge in [-0.05, 0) is 49.9 Å². The molecule has 0 heterocycles. The molecule has 0 spiro atoms. The number of rotatable bonds is 10. The first-order chi connectivity index (χ1) is 14.0. The molecule has 4 heteroatoms. The van der Waals surface area contributed by atoms with Crippen LogP contribution in [0.4, 0.5) is 0 Å². The van der Waals surface area contributed by atoms with Crippen LogP contribution in [0.3, 0.4) is 0 Å². The first-order valence-corrected chi connectivity index (χ1v) is 11.2. The number of nitrogens with zero attached hydrogens (tertiary/aromatic N) is 1. The predicted molar refractivity (Wildman–Crippen MR) is 126 cm³/mol. The minimum absolute atomic E-state index is 0.00706. The van der Waals surface area contributed by atoms with Crippen LogP contribution < -0.4 is 0 Å². The van der Waals surface area contributed by atoms with Gasteiger partial charge in [0.2, 0.25) is 0 Å². The fraction of sp³-hybridized carbons (Fsp3) is 0.400. The molecule has 2 aromatic rings. The summed E-state index contributed by atoms with van der Waals surface area (Å²) in [4.78, 5) is 15.3. The molecule has 1 atom stereocenters. The molecule has 0 saturated carbocycles. The molecular weight excluding hydrogens is 401 g/mol. The zero-order chi connectivity index (χ0) is 21.2. The second kappa shape index (κ2) is 12.0. The van der Waals surface area contributed by atoms with Crippen molar-refractivity contribution in [2.45, 2.75) is 58.9 Å².